The van der Waals surface area contributed by atoms with Gasteiger partial charge in [-0.05, 0) is 49.4 Å². The van der Waals surface area contributed by atoms with Gasteiger partial charge in [0.05, 0.1) is 21.9 Å². The molecule has 1 atom stereocenters. The van der Waals surface area contributed by atoms with Gasteiger partial charge < -0.3 is 10.3 Å². The molecule has 26 heavy (non-hydrogen) atoms. The lowest BCUT2D eigenvalue weighted by molar-refractivity contribution is 0.0957. The fourth-order valence-corrected chi connectivity index (χ4v) is 4.65. The van der Waals surface area contributed by atoms with Crippen LogP contribution < -0.4 is 5.32 Å². The summed E-state index contributed by atoms with van der Waals surface area (Å²) in [5.41, 5.74) is 4.24. The summed E-state index contributed by atoms with van der Waals surface area (Å²) in [6.07, 6.45) is 4.55. The van der Waals surface area contributed by atoms with E-state index >= 15 is 0 Å². The van der Waals surface area contributed by atoms with Gasteiger partial charge in [0.25, 0.3) is 5.91 Å². The summed E-state index contributed by atoms with van der Waals surface area (Å²) in [6, 6.07) is 15.2. The Morgan fingerprint density at radius 2 is 1.85 bits per heavy atom. The largest absolute Gasteiger partial charge is 0.358 e. The number of benzene rings is 2. The van der Waals surface area contributed by atoms with Crippen LogP contribution in [0.5, 0.6) is 0 Å². The Labute approximate surface area is 155 Å². The van der Waals surface area contributed by atoms with Crippen LogP contribution in [-0.4, -0.2) is 27.4 Å². The number of aromatic nitrogens is 1. The van der Waals surface area contributed by atoms with Gasteiger partial charge in [-0.1, -0.05) is 30.3 Å². The highest BCUT2D eigenvalue weighted by atomic mass is 32.2. The van der Waals surface area contributed by atoms with E-state index in [2.05, 4.69) is 16.4 Å². The SMILES string of the molecule is O=C(NCC[S@](=O)c1ccccc1)c1cccc2c3c([nH]c12)CCCC3. The van der Waals surface area contributed by atoms with Crippen LogP contribution in [0.3, 0.4) is 0 Å². The summed E-state index contributed by atoms with van der Waals surface area (Å²) < 4.78 is 12.3. The maximum absolute atomic E-state index is 12.7. The molecular weight excluding hydrogens is 344 g/mol. The summed E-state index contributed by atoms with van der Waals surface area (Å²) in [5, 5.41) is 4.09. The van der Waals surface area contributed by atoms with Crippen molar-refractivity contribution >= 4 is 27.6 Å². The molecule has 1 aliphatic rings. The van der Waals surface area contributed by atoms with E-state index in [-0.39, 0.29) is 5.91 Å². The molecule has 0 unspecified atom stereocenters. The van der Waals surface area contributed by atoms with Gasteiger partial charge in [0, 0.05) is 28.3 Å². The zero-order valence-electron chi connectivity index (χ0n) is 14.6. The second-order valence-corrected chi connectivity index (χ2v) is 8.21. The molecule has 0 aliphatic heterocycles. The Bertz CT molecular complexity index is 963. The number of para-hydroxylation sites is 1. The van der Waals surface area contributed by atoms with E-state index in [1.165, 1.54) is 29.5 Å². The fraction of sp³-hybridized carbons (Fsp3) is 0.286. The van der Waals surface area contributed by atoms with Crippen LogP contribution >= 0.6 is 0 Å². The van der Waals surface area contributed by atoms with E-state index in [0.29, 0.717) is 17.9 Å². The van der Waals surface area contributed by atoms with Crippen molar-refractivity contribution in [2.75, 3.05) is 12.3 Å². The Morgan fingerprint density at radius 3 is 2.69 bits per heavy atom. The van der Waals surface area contributed by atoms with Crippen molar-refractivity contribution < 1.29 is 9.00 Å². The number of nitrogens with one attached hydrogen (secondary N) is 2. The predicted octanol–water partition coefficient (Wildman–Crippen LogP) is 3.58. The molecule has 0 saturated carbocycles. The van der Waals surface area contributed by atoms with Crippen molar-refractivity contribution in [1.82, 2.24) is 10.3 Å². The first-order valence-corrected chi connectivity index (χ1v) is 10.4. The van der Waals surface area contributed by atoms with Gasteiger partial charge >= 0.3 is 0 Å². The number of hydrogen-bond acceptors (Lipinski definition) is 2. The zero-order chi connectivity index (χ0) is 17.9. The van der Waals surface area contributed by atoms with Crippen LogP contribution in [0.4, 0.5) is 0 Å². The van der Waals surface area contributed by atoms with E-state index in [9.17, 15) is 9.00 Å². The minimum Gasteiger partial charge on any atom is -0.358 e. The normalized spacial score (nSPS) is 14.8. The lowest BCUT2D eigenvalue weighted by Crippen LogP contribution is -2.27. The average Bonchev–Trinajstić information content (AvgIpc) is 3.07. The first kappa shape index (κ1) is 17.0. The number of carbonyl (C=O) groups excluding carboxylic acids is 1. The Hall–Kier alpha value is -2.40. The molecule has 1 aromatic heterocycles. The molecule has 0 radical (unpaired) electrons. The second kappa shape index (κ2) is 7.46. The van der Waals surface area contributed by atoms with Crippen LogP contribution in [0, 0.1) is 0 Å². The third-order valence-corrected chi connectivity index (χ3v) is 6.33. The van der Waals surface area contributed by atoms with Crippen LogP contribution in [0.25, 0.3) is 10.9 Å². The smallest absolute Gasteiger partial charge is 0.253 e. The standard InChI is InChI=1S/C21H22N2O2S/c24-21(22-13-14-26(25)15-7-2-1-3-8-15)18-11-6-10-17-16-9-4-5-12-19(16)23-20(17)18/h1-3,6-8,10-11,23H,4-5,9,12-14H2,(H,22,24)/t26-/m0/s1. The van der Waals surface area contributed by atoms with Gasteiger partial charge in [0.2, 0.25) is 0 Å². The number of H-pyrrole nitrogens is 1. The summed E-state index contributed by atoms with van der Waals surface area (Å²) >= 11 is 0. The maximum Gasteiger partial charge on any atom is 0.253 e. The van der Waals surface area contributed by atoms with E-state index in [4.69, 9.17) is 0 Å². The number of fused-ring (bicyclic) bond motifs is 3. The van der Waals surface area contributed by atoms with Gasteiger partial charge in [-0.25, -0.2) is 0 Å². The van der Waals surface area contributed by atoms with Gasteiger partial charge in [-0.2, -0.15) is 0 Å². The van der Waals surface area contributed by atoms with Crippen molar-refractivity contribution in [2.24, 2.45) is 0 Å². The number of aromatic amines is 1. The third-order valence-electron chi connectivity index (χ3n) is 4.96. The van der Waals surface area contributed by atoms with Crippen molar-refractivity contribution in [1.29, 1.82) is 0 Å². The highest BCUT2D eigenvalue weighted by Gasteiger charge is 2.19. The van der Waals surface area contributed by atoms with Crippen LogP contribution in [0.1, 0.15) is 34.5 Å². The highest BCUT2D eigenvalue weighted by Crippen LogP contribution is 2.30. The van der Waals surface area contributed by atoms with E-state index in [1.807, 2.05) is 42.5 Å². The summed E-state index contributed by atoms with van der Waals surface area (Å²) in [7, 11) is -1.10. The monoisotopic (exact) mass is 366 g/mol. The summed E-state index contributed by atoms with van der Waals surface area (Å²) in [4.78, 5) is 16.9. The molecule has 134 valence electrons. The Balaban J connectivity index is 1.47. The minimum atomic E-state index is -1.10. The van der Waals surface area contributed by atoms with Crippen molar-refractivity contribution in [3.05, 3.63) is 65.4 Å². The zero-order valence-corrected chi connectivity index (χ0v) is 15.4. The molecule has 4 rings (SSSR count). The molecule has 3 aromatic rings. The topological polar surface area (TPSA) is 62.0 Å². The Morgan fingerprint density at radius 1 is 1.04 bits per heavy atom. The number of hydrogen-bond donors (Lipinski definition) is 2. The molecule has 0 bridgehead atoms. The predicted molar refractivity (Wildman–Crippen MR) is 105 cm³/mol. The molecule has 5 heteroatoms. The van der Waals surface area contributed by atoms with Crippen molar-refractivity contribution in [2.45, 2.75) is 30.6 Å². The molecule has 0 fully saturated rings. The van der Waals surface area contributed by atoms with Crippen molar-refractivity contribution in [3.8, 4) is 0 Å². The summed E-state index contributed by atoms with van der Waals surface area (Å²) in [5.74, 6) is 0.298. The molecule has 2 N–H and O–H groups in total. The summed E-state index contributed by atoms with van der Waals surface area (Å²) in [6.45, 7) is 0.386. The molecule has 0 spiro atoms. The fourth-order valence-electron chi connectivity index (χ4n) is 3.66. The van der Waals surface area contributed by atoms with E-state index < -0.39 is 10.8 Å². The first-order chi connectivity index (χ1) is 12.7. The molecule has 1 amide bonds. The number of carbonyl (C=O) groups is 1. The average molecular weight is 366 g/mol. The molecule has 0 saturated heterocycles. The van der Waals surface area contributed by atoms with Gasteiger partial charge in [-0.15, -0.1) is 0 Å². The van der Waals surface area contributed by atoms with Crippen molar-refractivity contribution in [3.63, 3.8) is 0 Å². The molecule has 2 aromatic carbocycles. The van der Waals surface area contributed by atoms with Gasteiger partial charge in [-0.3, -0.25) is 9.00 Å². The lowest BCUT2D eigenvalue weighted by Gasteiger charge is -2.10. The lowest BCUT2D eigenvalue weighted by atomic mass is 9.95. The molecular formula is C21H22N2O2S. The minimum absolute atomic E-state index is 0.112. The second-order valence-electron chi connectivity index (χ2n) is 6.64. The molecule has 1 heterocycles. The number of rotatable bonds is 5. The van der Waals surface area contributed by atoms with Crippen LogP contribution in [0.2, 0.25) is 0 Å². The van der Waals surface area contributed by atoms with Gasteiger partial charge in [0.1, 0.15) is 0 Å². The molecule has 4 nitrogen and oxygen atoms in total. The van der Waals surface area contributed by atoms with E-state index in [1.54, 1.807) is 0 Å². The van der Waals surface area contributed by atoms with Crippen LogP contribution in [0.15, 0.2) is 53.4 Å². The van der Waals surface area contributed by atoms with Gasteiger partial charge in [0.15, 0.2) is 0 Å². The van der Waals surface area contributed by atoms with E-state index in [0.717, 1.165) is 23.3 Å². The molecule has 1 aliphatic carbocycles. The Kier molecular flexibility index (Phi) is 4.89. The first-order valence-electron chi connectivity index (χ1n) is 9.08. The highest BCUT2D eigenvalue weighted by molar-refractivity contribution is 7.85. The maximum atomic E-state index is 12.7. The number of amides is 1. The van der Waals surface area contributed by atoms with Crippen LogP contribution in [-0.2, 0) is 23.6 Å². The number of aryl methyl sites for hydroxylation is 2. The quantitative estimate of drug-likeness (QED) is 0.725. The third kappa shape index (κ3) is 3.31.